The third kappa shape index (κ3) is 2.72. The van der Waals surface area contributed by atoms with Crippen LogP contribution in [-0.2, 0) is 20.1 Å². The molecule has 0 unspecified atom stereocenters. The Morgan fingerprint density at radius 3 is 2.91 bits per heavy atom. The Bertz CT molecular complexity index is 786. The van der Waals surface area contributed by atoms with Gasteiger partial charge in [0.2, 0.25) is 0 Å². The van der Waals surface area contributed by atoms with Gasteiger partial charge in [-0.15, -0.1) is 0 Å². The first-order valence-electron chi connectivity index (χ1n) is 7.24. The highest BCUT2D eigenvalue weighted by molar-refractivity contribution is 5.93. The van der Waals surface area contributed by atoms with Gasteiger partial charge in [-0.2, -0.15) is 10.4 Å². The summed E-state index contributed by atoms with van der Waals surface area (Å²) in [5.74, 6) is -0.147. The fourth-order valence-electron chi connectivity index (χ4n) is 2.72. The fourth-order valence-corrected chi connectivity index (χ4v) is 2.72. The highest BCUT2D eigenvalue weighted by Crippen LogP contribution is 2.20. The average Bonchev–Trinajstić information content (AvgIpc) is 3.15. The van der Waals surface area contributed by atoms with E-state index >= 15 is 0 Å². The van der Waals surface area contributed by atoms with Gasteiger partial charge in [-0.05, 0) is 12.1 Å². The van der Waals surface area contributed by atoms with Crippen molar-refractivity contribution in [1.82, 2.24) is 19.2 Å². The minimum atomic E-state index is -1.01. The Labute approximate surface area is 132 Å². The topological polar surface area (TPSA) is 107 Å². The van der Waals surface area contributed by atoms with E-state index in [2.05, 4.69) is 5.10 Å². The molecule has 0 aromatic carbocycles. The van der Waals surface area contributed by atoms with Gasteiger partial charge in [-0.1, -0.05) is 0 Å². The highest BCUT2D eigenvalue weighted by atomic mass is 16.3. The number of aryl methyl sites for hydroxylation is 1. The maximum atomic E-state index is 12.6. The molecule has 0 bridgehead atoms. The third-order valence-corrected chi connectivity index (χ3v) is 3.97. The molecule has 0 saturated carbocycles. The number of fused-ring (bicyclic) bond motifs is 1. The molecule has 2 N–H and O–H groups in total. The van der Waals surface area contributed by atoms with E-state index in [1.807, 2.05) is 6.07 Å². The van der Waals surface area contributed by atoms with Crippen molar-refractivity contribution in [3.63, 3.8) is 0 Å². The number of nitriles is 1. The second kappa shape index (κ2) is 5.87. The predicted octanol–water partition coefficient (Wildman–Crippen LogP) is -0.225. The minimum absolute atomic E-state index is 0.147. The van der Waals surface area contributed by atoms with E-state index in [1.54, 1.807) is 39.5 Å². The van der Waals surface area contributed by atoms with Gasteiger partial charge in [0.05, 0.1) is 36.6 Å². The molecule has 1 atom stereocenters. The Balaban J connectivity index is 1.81. The zero-order valence-corrected chi connectivity index (χ0v) is 12.7. The maximum Gasteiger partial charge on any atom is 0.270 e. The second-order valence-electron chi connectivity index (χ2n) is 5.55. The van der Waals surface area contributed by atoms with Gasteiger partial charge in [0.25, 0.3) is 5.91 Å². The SMILES string of the molecule is Cn1cc(C#N)cc1C(=O)N1CCn2nc([C@H](O)CO)cc2C1. The molecule has 0 aliphatic carbocycles. The van der Waals surface area contributed by atoms with Crippen molar-refractivity contribution in [1.29, 1.82) is 5.26 Å². The number of amides is 1. The third-order valence-electron chi connectivity index (χ3n) is 3.97. The zero-order chi connectivity index (χ0) is 16.6. The molecule has 1 amide bonds. The number of aliphatic hydroxyl groups is 2. The van der Waals surface area contributed by atoms with Crippen LogP contribution in [-0.4, -0.2) is 48.5 Å². The molecule has 120 valence electrons. The van der Waals surface area contributed by atoms with Crippen LogP contribution in [0.4, 0.5) is 0 Å². The Morgan fingerprint density at radius 1 is 1.48 bits per heavy atom. The van der Waals surface area contributed by atoms with Crippen molar-refractivity contribution in [2.24, 2.45) is 7.05 Å². The van der Waals surface area contributed by atoms with Crippen molar-refractivity contribution in [3.8, 4) is 6.07 Å². The van der Waals surface area contributed by atoms with Crippen molar-refractivity contribution < 1.29 is 15.0 Å². The summed E-state index contributed by atoms with van der Waals surface area (Å²) in [6.07, 6.45) is 0.611. The smallest absolute Gasteiger partial charge is 0.270 e. The summed E-state index contributed by atoms with van der Waals surface area (Å²) in [6, 6.07) is 5.31. The summed E-state index contributed by atoms with van der Waals surface area (Å²) < 4.78 is 3.39. The van der Waals surface area contributed by atoms with Crippen LogP contribution in [0.2, 0.25) is 0 Å². The molecule has 23 heavy (non-hydrogen) atoms. The van der Waals surface area contributed by atoms with E-state index < -0.39 is 6.10 Å². The summed E-state index contributed by atoms with van der Waals surface area (Å²) in [5.41, 5.74) is 2.13. The van der Waals surface area contributed by atoms with E-state index in [-0.39, 0.29) is 12.5 Å². The highest BCUT2D eigenvalue weighted by Gasteiger charge is 2.26. The van der Waals surface area contributed by atoms with E-state index in [4.69, 9.17) is 10.4 Å². The summed E-state index contributed by atoms with van der Waals surface area (Å²) in [6.45, 7) is 1.00. The number of aliphatic hydroxyl groups excluding tert-OH is 2. The number of rotatable bonds is 3. The van der Waals surface area contributed by atoms with Gasteiger partial charge >= 0.3 is 0 Å². The van der Waals surface area contributed by atoms with Crippen molar-refractivity contribution in [3.05, 3.63) is 41.0 Å². The zero-order valence-electron chi connectivity index (χ0n) is 12.7. The first-order valence-corrected chi connectivity index (χ1v) is 7.24. The summed E-state index contributed by atoms with van der Waals surface area (Å²) in [4.78, 5) is 14.3. The molecule has 8 heteroatoms. The number of carbonyl (C=O) groups excluding carboxylic acids is 1. The lowest BCUT2D eigenvalue weighted by Crippen LogP contribution is -2.39. The molecule has 2 aromatic rings. The van der Waals surface area contributed by atoms with Crippen LogP contribution >= 0.6 is 0 Å². The second-order valence-corrected chi connectivity index (χ2v) is 5.55. The fraction of sp³-hybridized carbons (Fsp3) is 0.400. The van der Waals surface area contributed by atoms with Crippen molar-refractivity contribution >= 4 is 5.91 Å². The van der Waals surface area contributed by atoms with Gasteiger partial charge in [0, 0.05) is 19.8 Å². The van der Waals surface area contributed by atoms with Crippen LogP contribution in [0, 0.1) is 11.3 Å². The molecule has 0 fully saturated rings. The Hall–Kier alpha value is -2.63. The number of hydrogen-bond donors (Lipinski definition) is 2. The molecule has 3 heterocycles. The Kier molecular flexibility index (Phi) is 3.90. The summed E-state index contributed by atoms with van der Waals surface area (Å²) in [7, 11) is 1.73. The normalized spacial score (nSPS) is 15.1. The van der Waals surface area contributed by atoms with Crippen LogP contribution in [0.1, 0.15) is 33.5 Å². The van der Waals surface area contributed by atoms with Crippen LogP contribution < -0.4 is 0 Å². The summed E-state index contributed by atoms with van der Waals surface area (Å²) in [5, 5.41) is 31.8. The van der Waals surface area contributed by atoms with Gasteiger partial charge < -0.3 is 19.7 Å². The molecule has 1 aliphatic rings. The number of hydrogen-bond acceptors (Lipinski definition) is 5. The van der Waals surface area contributed by atoms with Crippen LogP contribution in [0.25, 0.3) is 0 Å². The molecular formula is C15H17N5O3. The van der Waals surface area contributed by atoms with Crippen LogP contribution in [0.3, 0.4) is 0 Å². The molecule has 8 nitrogen and oxygen atoms in total. The molecule has 1 aliphatic heterocycles. The van der Waals surface area contributed by atoms with Crippen molar-refractivity contribution in [2.75, 3.05) is 13.2 Å². The van der Waals surface area contributed by atoms with Crippen LogP contribution in [0.15, 0.2) is 18.3 Å². The quantitative estimate of drug-likeness (QED) is 0.814. The number of aromatic nitrogens is 3. The van der Waals surface area contributed by atoms with Gasteiger partial charge in [0.1, 0.15) is 17.9 Å². The molecule has 0 saturated heterocycles. The molecule has 0 radical (unpaired) electrons. The first kappa shape index (κ1) is 15.3. The van der Waals surface area contributed by atoms with Gasteiger partial charge in [-0.3, -0.25) is 9.48 Å². The number of nitrogens with zero attached hydrogens (tertiary/aromatic N) is 5. The average molecular weight is 315 g/mol. The van der Waals surface area contributed by atoms with Gasteiger partial charge in [0.15, 0.2) is 0 Å². The maximum absolute atomic E-state index is 12.6. The van der Waals surface area contributed by atoms with E-state index in [0.717, 1.165) is 5.69 Å². The molecule has 0 spiro atoms. The predicted molar refractivity (Wildman–Crippen MR) is 79.1 cm³/mol. The molecule has 3 rings (SSSR count). The minimum Gasteiger partial charge on any atom is -0.393 e. The molecular weight excluding hydrogens is 298 g/mol. The molecule has 2 aromatic heterocycles. The monoisotopic (exact) mass is 315 g/mol. The lowest BCUT2D eigenvalue weighted by atomic mass is 10.2. The lowest BCUT2D eigenvalue weighted by Gasteiger charge is -2.27. The van der Waals surface area contributed by atoms with Crippen LogP contribution in [0.5, 0.6) is 0 Å². The Morgan fingerprint density at radius 2 is 2.26 bits per heavy atom. The first-order chi connectivity index (χ1) is 11.0. The number of carbonyl (C=O) groups is 1. The summed E-state index contributed by atoms with van der Waals surface area (Å²) >= 11 is 0. The van der Waals surface area contributed by atoms with E-state index in [9.17, 15) is 9.90 Å². The standard InChI is InChI=1S/C15H17N5O3/c1-18-7-10(6-16)4-13(18)15(23)19-2-3-20-11(8-19)5-12(17-20)14(22)9-21/h4-5,7,14,21-22H,2-3,8-9H2,1H3/t14-/m1/s1. The van der Waals surface area contributed by atoms with E-state index in [1.165, 1.54) is 0 Å². The largest absolute Gasteiger partial charge is 0.393 e. The van der Waals surface area contributed by atoms with Gasteiger partial charge in [-0.25, -0.2) is 0 Å². The van der Waals surface area contributed by atoms with E-state index in [0.29, 0.717) is 36.6 Å². The van der Waals surface area contributed by atoms with Crippen molar-refractivity contribution in [2.45, 2.75) is 19.2 Å². The lowest BCUT2D eigenvalue weighted by molar-refractivity contribution is 0.0695.